The first-order chi connectivity index (χ1) is 9.38. The predicted molar refractivity (Wildman–Crippen MR) is 66.5 cm³/mol. The summed E-state index contributed by atoms with van der Waals surface area (Å²) >= 11 is 1.01. The number of nitrogens with zero attached hydrogens (tertiary/aromatic N) is 2. The van der Waals surface area contributed by atoms with Crippen LogP contribution < -0.4 is 0 Å². The lowest BCUT2D eigenvalue weighted by molar-refractivity contribution is -0.388. The molecule has 20 heavy (non-hydrogen) atoms. The summed E-state index contributed by atoms with van der Waals surface area (Å²) < 4.78 is 37.7. The van der Waals surface area contributed by atoms with E-state index in [4.69, 9.17) is 0 Å². The second-order valence-electron chi connectivity index (χ2n) is 3.72. The summed E-state index contributed by atoms with van der Waals surface area (Å²) in [4.78, 5) is 14.7. The molecule has 0 unspecified atom stereocenters. The standard InChI is InChI=1S/C12H7F3N2O2S/c13-12(14,15)8-1-2-11(10(7-8)17(18)19)20-9-3-5-16-6-4-9/h1-7H. The molecule has 0 amide bonds. The van der Waals surface area contributed by atoms with E-state index in [1.54, 1.807) is 12.1 Å². The second-order valence-corrected chi connectivity index (χ2v) is 4.84. The number of pyridine rings is 1. The Hall–Kier alpha value is -2.09. The lowest BCUT2D eigenvalue weighted by Crippen LogP contribution is -2.05. The quantitative estimate of drug-likeness (QED) is 0.631. The normalized spacial score (nSPS) is 11.3. The van der Waals surface area contributed by atoms with Crippen LogP contribution in [0.25, 0.3) is 0 Å². The molecule has 0 saturated heterocycles. The van der Waals surface area contributed by atoms with Crippen molar-refractivity contribution in [1.82, 2.24) is 4.98 Å². The highest BCUT2D eigenvalue weighted by atomic mass is 32.2. The van der Waals surface area contributed by atoms with Crippen LogP contribution in [0.1, 0.15) is 5.56 Å². The van der Waals surface area contributed by atoms with E-state index in [9.17, 15) is 23.3 Å². The van der Waals surface area contributed by atoms with Crippen molar-refractivity contribution in [3.05, 3.63) is 58.4 Å². The zero-order valence-corrected chi connectivity index (χ0v) is 10.6. The Morgan fingerprint density at radius 3 is 2.35 bits per heavy atom. The maximum atomic E-state index is 12.6. The van der Waals surface area contributed by atoms with Crippen molar-refractivity contribution < 1.29 is 18.1 Å². The number of nitro benzene ring substituents is 1. The zero-order chi connectivity index (χ0) is 14.8. The molecule has 2 rings (SSSR count). The topological polar surface area (TPSA) is 56.0 Å². The van der Waals surface area contributed by atoms with E-state index < -0.39 is 22.4 Å². The number of aromatic nitrogens is 1. The van der Waals surface area contributed by atoms with Gasteiger partial charge >= 0.3 is 6.18 Å². The van der Waals surface area contributed by atoms with Crippen molar-refractivity contribution in [3.8, 4) is 0 Å². The number of halogens is 3. The molecule has 4 nitrogen and oxygen atoms in total. The van der Waals surface area contributed by atoms with E-state index in [1.807, 2.05) is 0 Å². The molecule has 1 aromatic heterocycles. The molecule has 104 valence electrons. The summed E-state index contributed by atoms with van der Waals surface area (Å²) in [5.41, 5.74) is -1.61. The van der Waals surface area contributed by atoms with Crippen molar-refractivity contribution >= 4 is 17.4 Å². The largest absolute Gasteiger partial charge is 0.416 e. The molecule has 0 spiro atoms. The van der Waals surface area contributed by atoms with Gasteiger partial charge in [-0.25, -0.2) is 0 Å². The Morgan fingerprint density at radius 2 is 1.80 bits per heavy atom. The first-order valence-corrected chi connectivity index (χ1v) is 6.13. The molecule has 2 aromatic rings. The number of rotatable bonds is 3. The third-order valence-corrected chi connectivity index (χ3v) is 3.43. The van der Waals surface area contributed by atoms with Crippen molar-refractivity contribution in [2.24, 2.45) is 0 Å². The minimum atomic E-state index is -4.61. The highest BCUT2D eigenvalue weighted by molar-refractivity contribution is 7.99. The van der Waals surface area contributed by atoms with Gasteiger partial charge < -0.3 is 0 Å². The molecule has 0 bridgehead atoms. The number of hydrogen-bond acceptors (Lipinski definition) is 4. The van der Waals surface area contributed by atoms with Crippen LogP contribution in [0, 0.1) is 10.1 Å². The van der Waals surface area contributed by atoms with Crippen LogP contribution in [-0.2, 0) is 6.18 Å². The van der Waals surface area contributed by atoms with Crippen molar-refractivity contribution in [1.29, 1.82) is 0 Å². The summed E-state index contributed by atoms with van der Waals surface area (Å²) in [6.07, 6.45) is -1.61. The summed E-state index contributed by atoms with van der Waals surface area (Å²) in [6, 6.07) is 5.71. The third-order valence-electron chi connectivity index (χ3n) is 2.36. The molecule has 0 saturated carbocycles. The average molecular weight is 300 g/mol. The van der Waals surface area contributed by atoms with E-state index in [0.717, 1.165) is 23.9 Å². The number of benzene rings is 1. The smallest absolute Gasteiger partial charge is 0.265 e. The number of hydrogen-bond donors (Lipinski definition) is 0. The van der Waals surface area contributed by atoms with Gasteiger partial charge in [0.05, 0.1) is 15.4 Å². The fraction of sp³-hybridized carbons (Fsp3) is 0.0833. The molecule has 0 fully saturated rings. The Kier molecular flexibility index (Phi) is 3.93. The van der Waals surface area contributed by atoms with Gasteiger partial charge in [-0.1, -0.05) is 11.8 Å². The highest BCUT2D eigenvalue weighted by Gasteiger charge is 2.33. The van der Waals surface area contributed by atoms with Gasteiger partial charge in [0.15, 0.2) is 0 Å². The first-order valence-electron chi connectivity index (χ1n) is 5.31. The molecule has 8 heteroatoms. The minimum absolute atomic E-state index is 0.147. The minimum Gasteiger partial charge on any atom is -0.265 e. The van der Waals surface area contributed by atoms with Crippen LogP contribution in [0.3, 0.4) is 0 Å². The van der Waals surface area contributed by atoms with Gasteiger partial charge in [-0.3, -0.25) is 15.1 Å². The molecule has 0 radical (unpaired) electrons. The third kappa shape index (κ3) is 3.27. The Balaban J connectivity index is 2.41. The predicted octanol–water partition coefficient (Wildman–Crippen LogP) is 4.16. The van der Waals surface area contributed by atoms with Crippen LogP contribution >= 0.6 is 11.8 Å². The molecule has 0 aliphatic heterocycles. The summed E-state index contributed by atoms with van der Waals surface area (Å²) in [5, 5.41) is 10.9. The van der Waals surface area contributed by atoms with Gasteiger partial charge in [-0.2, -0.15) is 13.2 Å². The molecule has 1 heterocycles. The fourth-order valence-corrected chi connectivity index (χ4v) is 2.34. The van der Waals surface area contributed by atoms with Gasteiger partial charge in [-0.05, 0) is 24.3 Å². The van der Waals surface area contributed by atoms with E-state index in [0.29, 0.717) is 11.0 Å². The van der Waals surface area contributed by atoms with Gasteiger partial charge in [0.25, 0.3) is 5.69 Å². The van der Waals surface area contributed by atoms with Gasteiger partial charge in [0, 0.05) is 23.4 Å². The Morgan fingerprint density at radius 1 is 1.15 bits per heavy atom. The molecular formula is C12H7F3N2O2S. The monoisotopic (exact) mass is 300 g/mol. The molecule has 0 aliphatic carbocycles. The van der Waals surface area contributed by atoms with Gasteiger partial charge in [0.1, 0.15) is 0 Å². The van der Waals surface area contributed by atoms with Crippen LogP contribution in [0.5, 0.6) is 0 Å². The summed E-state index contributed by atoms with van der Waals surface area (Å²) in [7, 11) is 0. The second kappa shape index (κ2) is 5.49. The van der Waals surface area contributed by atoms with Crippen molar-refractivity contribution in [2.45, 2.75) is 16.0 Å². The Labute approximate surface area is 115 Å². The molecule has 0 aliphatic rings. The van der Waals surface area contributed by atoms with Crippen LogP contribution in [-0.4, -0.2) is 9.91 Å². The van der Waals surface area contributed by atoms with E-state index in [1.165, 1.54) is 12.4 Å². The van der Waals surface area contributed by atoms with Crippen molar-refractivity contribution in [3.63, 3.8) is 0 Å². The maximum absolute atomic E-state index is 12.6. The molecule has 0 N–H and O–H groups in total. The van der Waals surface area contributed by atoms with E-state index in [2.05, 4.69) is 4.98 Å². The highest BCUT2D eigenvalue weighted by Crippen LogP contribution is 2.38. The summed E-state index contributed by atoms with van der Waals surface area (Å²) in [5.74, 6) is 0. The first kappa shape index (κ1) is 14.3. The number of nitro groups is 1. The molecular weight excluding hydrogens is 293 g/mol. The maximum Gasteiger partial charge on any atom is 0.416 e. The van der Waals surface area contributed by atoms with Crippen LogP contribution in [0.2, 0.25) is 0 Å². The van der Waals surface area contributed by atoms with E-state index in [-0.39, 0.29) is 4.90 Å². The van der Waals surface area contributed by atoms with Crippen LogP contribution in [0.4, 0.5) is 18.9 Å². The SMILES string of the molecule is O=[N+]([O-])c1cc(C(F)(F)F)ccc1Sc1ccncc1. The van der Waals surface area contributed by atoms with Crippen molar-refractivity contribution in [2.75, 3.05) is 0 Å². The zero-order valence-electron chi connectivity index (χ0n) is 9.79. The van der Waals surface area contributed by atoms with Crippen LogP contribution in [0.15, 0.2) is 52.5 Å². The van der Waals surface area contributed by atoms with Gasteiger partial charge in [0.2, 0.25) is 0 Å². The van der Waals surface area contributed by atoms with E-state index >= 15 is 0 Å². The molecule has 0 atom stereocenters. The Bertz CT molecular complexity index is 632. The lowest BCUT2D eigenvalue weighted by Gasteiger charge is -2.08. The lowest BCUT2D eigenvalue weighted by atomic mass is 10.2. The molecule has 1 aromatic carbocycles. The van der Waals surface area contributed by atoms with Gasteiger partial charge in [-0.15, -0.1) is 0 Å². The number of alkyl halides is 3. The average Bonchev–Trinajstić information content (AvgIpc) is 2.38. The fourth-order valence-electron chi connectivity index (χ4n) is 1.46. The summed E-state index contributed by atoms with van der Waals surface area (Å²) in [6.45, 7) is 0.